The Morgan fingerprint density at radius 2 is 2.27 bits per heavy atom. The molecular formula is C16H12ClN3O5S. The molecule has 0 aliphatic carbocycles. The Labute approximate surface area is 155 Å². The van der Waals surface area contributed by atoms with E-state index in [-0.39, 0.29) is 5.76 Å². The van der Waals surface area contributed by atoms with Crippen molar-refractivity contribution in [2.24, 2.45) is 4.99 Å². The SMILES string of the molecule is C=CCn1c(=NC(=O)c2ccc([N+](=O)[O-])o2)sc2c(Cl)ccc(OC)c21. The zero-order valence-electron chi connectivity index (χ0n) is 13.5. The first-order chi connectivity index (χ1) is 12.5. The van der Waals surface area contributed by atoms with Crippen LogP contribution in [0.1, 0.15) is 10.6 Å². The monoisotopic (exact) mass is 393 g/mol. The van der Waals surface area contributed by atoms with Crippen molar-refractivity contribution in [2.45, 2.75) is 6.54 Å². The first-order valence-electron chi connectivity index (χ1n) is 7.26. The summed E-state index contributed by atoms with van der Waals surface area (Å²) in [6, 6.07) is 5.73. The molecule has 10 heteroatoms. The predicted molar refractivity (Wildman–Crippen MR) is 96.8 cm³/mol. The zero-order chi connectivity index (χ0) is 18.8. The molecule has 26 heavy (non-hydrogen) atoms. The number of amides is 1. The molecular weight excluding hydrogens is 382 g/mol. The summed E-state index contributed by atoms with van der Waals surface area (Å²) >= 11 is 7.46. The fourth-order valence-corrected chi connectivity index (χ4v) is 3.68. The van der Waals surface area contributed by atoms with Crippen molar-refractivity contribution in [3.63, 3.8) is 0 Å². The largest absolute Gasteiger partial charge is 0.495 e. The number of aromatic nitrogens is 1. The van der Waals surface area contributed by atoms with E-state index in [4.69, 9.17) is 20.8 Å². The molecule has 0 saturated carbocycles. The molecule has 134 valence electrons. The van der Waals surface area contributed by atoms with E-state index < -0.39 is 16.7 Å². The maximum absolute atomic E-state index is 12.3. The van der Waals surface area contributed by atoms with Gasteiger partial charge in [0.2, 0.25) is 5.76 Å². The summed E-state index contributed by atoms with van der Waals surface area (Å²) in [7, 11) is 1.53. The van der Waals surface area contributed by atoms with E-state index in [2.05, 4.69) is 11.6 Å². The number of carbonyl (C=O) groups is 1. The lowest BCUT2D eigenvalue weighted by molar-refractivity contribution is -0.402. The summed E-state index contributed by atoms with van der Waals surface area (Å²) < 4.78 is 12.7. The van der Waals surface area contributed by atoms with Crippen LogP contribution in [0, 0.1) is 10.1 Å². The van der Waals surface area contributed by atoms with Gasteiger partial charge in [-0.1, -0.05) is 29.0 Å². The molecule has 0 unspecified atom stereocenters. The number of benzene rings is 1. The number of nitro groups is 1. The van der Waals surface area contributed by atoms with E-state index in [1.54, 1.807) is 22.8 Å². The Bertz CT molecular complexity index is 1100. The Morgan fingerprint density at radius 1 is 1.50 bits per heavy atom. The number of methoxy groups -OCH3 is 1. The van der Waals surface area contributed by atoms with E-state index in [1.807, 2.05) is 0 Å². The normalized spacial score (nSPS) is 11.7. The van der Waals surface area contributed by atoms with E-state index in [0.717, 1.165) is 6.07 Å². The third kappa shape index (κ3) is 3.14. The Balaban J connectivity index is 2.19. The molecule has 0 fully saturated rings. The number of rotatable bonds is 5. The molecule has 2 aromatic heterocycles. The highest BCUT2D eigenvalue weighted by molar-refractivity contribution is 7.17. The lowest BCUT2D eigenvalue weighted by atomic mass is 10.3. The van der Waals surface area contributed by atoms with Crippen molar-refractivity contribution in [1.29, 1.82) is 0 Å². The molecule has 8 nitrogen and oxygen atoms in total. The summed E-state index contributed by atoms with van der Waals surface area (Å²) in [5.41, 5.74) is 0.682. The van der Waals surface area contributed by atoms with Gasteiger partial charge in [-0.05, 0) is 18.2 Å². The maximum Gasteiger partial charge on any atom is 0.433 e. The average molecular weight is 394 g/mol. The van der Waals surface area contributed by atoms with E-state index in [1.165, 1.54) is 24.5 Å². The second-order valence-electron chi connectivity index (χ2n) is 5.02. The minimum Gasteiger partial charge on any atom is -0.495 e. The average Bonchev–Trinajstić information content (AvgIpc) is 3.23. The Morgan fingerprint density at radius 3 is 2.88 bits per heavy atom. The number of allylic oxidation sites excluding steroid dienone is 1. The number of halogens is 1. The molecule has 2 heterocycles. The number of carbonyl (C=O) groups excluding carboxylic acids is 1. The molecule has 1 amide bonds. The van der Waals surface area contributed by atoms with Gasteiger partial charge in [0, 0.05) is 6.54 Å². The summed E-state index contributed by atoms with van der Waals surface area (Å²) in [4.78, 5) is 26.7. The number of ether oxygens (including phenoxy) is 1. The maximum atomic E-state index is 12.3. The van der Waals surface area contributed by atoms with Crippen LogP contribution in [-0.2, 0) is 6.54 Å². The Hall–Kier alpha value is -2.91. The predicted octanol–water partition coefficient (Wildman–Crippen LogP) is 3.79. The molecule has 0 spiro atoms. The summed E-state index contributed by atoms with van der Waals surface area (Å²) in [6.45, 7) is 4.07. The fourth-order valence-electron chi connectivity index (χ4n) is 2.35. The minimum absolute atomic E-state index is 0.225. The van der Waals surface area contributed by atoms with Gasteiger partial charge in [-0.3, -0.25) is 14.9 Å². The highest BCUT2D eigenvalue weighted by Gasteiger charge is 2.19. The van der Waals surface area contributed by atoms with Crippen LogP contribution in [0.5, 0.6) is 5.75 Å². The zero-order valence-corrected chi connectivity index (χ0v) is 15.0. The van der Waals surface area contributed by atoms with Gasteiger partial charge in [-0.25, -0.2) is 0 Å². The lowest BCUT2D eigenvalue weighted by Crippen LogP contribution is -2.16. The first-order valence-corrected chi connectivity index (χ1v) is 8.45. The van der Waals surface area contributed by atoms with Crippen LogP contribution < -0.4 is 9.54 Å². The number of furan rings is 1. The van der Waals surface area contributed by atoms with Crippen molar-refractivity contribution in [3.05, 3.63) is 62.6 Å². The summed E-state index contributed by atoms with van der Waals surface area (Å²) in [5, 5.41) is 11.2. The van der Waals surface area contributed by atoms with Crippen LogP contribution in [0.25, 0.3) is 10.2 Å². The Kier molecular flexibility index (Phi) is 4.92. The van der Waals surface area contributed by atoms with Gasteiger partial charge in [-0.2, -0.15) is 4.99 Å². The summed E-state index contributed by atoms with van der Waals surface area (Å²) in [6.07, 6.45) is 1.65. The number of fused-ring (bicyclic) bond motifs is 1. The number of hydrogen-bond acceptors (Lipinski definition) is 6. The van der Waals surface area contributed by atoms with Gasteiger partial charge < -0.3 is 13.7 Å². The molecule has 1 aromatic carbocycles. The molecule has 0 aliphatic heterocycles. The molecule has 0 saturated heterocycles. The van der Waals surface area contributed by atoms with E-state index >= 15 is 0 Å². The fraction of sp³-hybridized carbons (Fsp3) is 0.125. The molecule has 0 aliphatic rings. The van der Waals surface area contributed by atoms with Gasteiger partial charge >= 0.3 is 11.8 Å². The standard InChI is InChI=1S/C16H12ClN3O5S/c1-3-8-19-13-10(24-2)5-4-9(17)14(13)26-16(19)18-15(21)11-6-7-12(25-11)20(22)23/h3-7H,1,8H2,2H3. The summed E-state index contributed by atoms with van der Waals surface area (Å²) in [5.74, 6) is -0.913. The van der Waals surface area contributed by atoms with Crippen LogP contribution in [-0.4, -0.2) is 22.5 Å². The van der Waals surface area contributed by atoms with Crippen molar-refractivity contribution < 1.29 is 18.9 Å². The molecule has 0 atom stereocenters. The van der Waals surface area contributed by atoms with Gasteiger partial charge in [0.1, 0.15) is 16.2 Å². The van der Waals surface area contributed by atoms with Crippen molar-refractivity contribution in [3.8, 4) is 5.75 Å². The highest BCUT2D eigenvalue weighted by atomic mass is 35.5. The number of hydrogen-bond donors (Lipinski definition) is 0. The second kappa shape index (κ2) is 7.14. The quantitative estimate of drug-likeness (QED) is 0.373. The lowest BCUT2D eigenvalue weighted by Gasteiger charge is -2.06. The second-order valence-corrected chi connectivity index (χ2v) is 6.41. The molecule has 3 aromatic rings. The topological polar surface area (TPSA) is 99.9 Å². The smallest absolute Gasteiger partial charge is 0.433 e. The van der Waals surface area contributed by atoms with E-state index in [9.17, 15) is 14.9 Å². The van der Waals surface area contributed by atoms with Gasteiger partial charge in [-0.15, -0.1) is 6.58 Å². The molecule has 0 bridgehead atoms. The third-order valence-electron chi connectivity index (χ3n) is 3.45. The molecule has 3 rings (SSSR count). The van der Waals surface area contributed by atoms with Crippen LogP contribution in [0.15, 0.2) is 46.3 Å². The number of nitrogens with zero attached hydrogens (tertiary/aromatic N) is 3. The van der Waals surface area contributed by atoms with Crippen molar-refractivity contribution in [2.75, 3.05) is 7.11 Å². The van der Waals surface area contributed by atoms with Gasteiger partial charge in [0.15, 0.2) is 4.80 Å². The van der Waals surface area contributed by atoms with Crippen molar-refractivity contribution in [1.82, 2.24) is 4.57 Å². The van der Waals surface area contributed by atoms with Gasteiger partial charge in [0.25, 0.3) is 0 Å². The van der Waals surface area contributed by atoms with Crippen LogP contribution >= 0.6 is 22.9 Å². The first kappa shape index (κ1) is 17.9. The number of thiazole rings is 1. The van der Waals surface area contributed by atoms with Crippen LogP contribution in [0.3, 0.4) is 0 Å². The molecule has 0 N–H and O–H groups in total. The van der Waals surface area contributed by atoms with Crippen LogP contribution in [0.4, 0.5) is 5.88 Å². The molecule has 0 radical (unpaired) electrons. The third-order valence-corrected chi connectivity index (χ3v) is 4.99. The van der Waals surface area contributed by atoms with Crippen molar-refractivity contribution >= 4 is 44.9 Å². The van der Waals surface area contributed by atoms with E-state index in [0.29, 0.717) is 32.3 Å². The minimum atomic E-state index is -0.738. The van der Waals surface area contributed by atoms with Gasteiger partial charge in [0.05, 0.1) is 22.9 Å². The van der Waals surface area contributed by atoms with Crippen LogP contribution in [0.2, 0.25) is 5.02 Å². The highest BCUT2D eigenvalue weighted by Crippen LogP contribution is 2.33.